The largest absolute Gasteiger partial charge is 0.342 e. The second kappa shape index (κ2) is 4.88. The van der Waals surface area contributed by atoms with Crippen molar-refractivity contribution in [3.05, 3.63) is 0 Å². The van der Waals surface area contributed by atoms with Gasteiger partial charge in [0.2, 0.25) is 5.91 Å². The van der Waals surface area contributed by atoms with Crippen LogP contribution < -0.4 is 0 Å². The van der Waals surface area contributed by atoms with Crippen LogP contribution in [0.4, 0.5) is 0 Å². The first kappa shape index (κ1) is 10.8. The predicted molar refractivity (Wildman–Crippen MR) is 64.0 cm³/mol. The van der Waals surface area contributed by atoms with Gasteiger partial charge in [0.05, 0.1) is 5.25 Å². The molecular weight excluding hydrogens is 262 g/mol. The Hall–Kier alpha value is 0.300. The molecule has 0 saturated carbocycles. The fourth-order valence-corrected chi connectivity index (χ4v) is 3.70. The Morgan fingerprint density at radius 1 is 1.29 bits per heavy atom. The van der Waals surface area contributed by atoms with Gasteiger partial charge < -0.3 is 4.90 Å². The quantitative estimate of drug-likeness (QED) is 0.686. The minimum Gasteiger partial charge on any atom is -0.342 e. The van der Waals surface area contributed by atoms with Crippen LogP contribution in [-0.4, -0.2) is 39.7 Å². The van der Waals surface area contributed by atoms with E-state index in [4.69, 9.17) is 0 Å². The highest BCUT2D eigenvalue weighted by Gasteiger charge is 2.29. The van der Waals surface area contributed by atoms with E-state index < -0.39 is 0 Å². The Kier molecular flexibility index (Phi) is 3.77. The highest BCUT2D eigenvalue weighted by molar-refractivity contribution is 9.09. The molecule has 0 aliphatic carbocycles. The van der Waals surface area contributed by atoms with Gasteiger partial charge in [-0.15, -0.1) is 11.8 Å². The van der Waals surface area contributed by atoms with Gasteiger partial charge in [-0.1, -0.05) is 15.9 Å². The molecule has 0 aromatic carbocycles. The SMILES string of the molecule is O=C(C1CCCS1)N1CCC(Br)CC1. The summed E-state index contributed by atoms with van der Waals surface area (Å²) in [5.74, 6) is 1.57. The molecule has 2 nitrogen and oxygen atoms in total. The number of nitrogens with zero attached hydrogens (tertiary/aromatic N) is 1. The summed E-state index contributed by atoms with van der Waals surface area (Å²) in [6.07, 6.45) is 4.54. The van der Waals surface area contributed by atoms with Crippen molar-refractivity contribution >= 4 is 33.6 Å². The van der Waals surface area contributed by atoms with E-state index in [0.29, 0.717) is 10.7 Å². The molecule has 2 aliphatic heterocycles. The molecule has 2 rings (SSSR count). The second-order valence-corrected chi connectivity index (χ2v) is 6.61. The van der Waals surface area contributed by atoms with Crippen LogP contribution in [0.3, 0.4) is 0 Å². The van der Waals surface area contributed by atoms with Gasteiger partial charge in [-0.25, -0.2) is 0 Å². The third kappa shape index (κ3) is 2.45. The molecule has 1 atom stereocenters. The highest BCUT2D eigenvalue weighted by Crippen LogP contribution is 2.29. The number of hydrogen-bond acceptors (Lipinski definition) is 2. The zero-order valence-electron chi connectivity index (χ0n) is 8.25. The van der Waals surface area contributed by atoms with Crippen LogP contribution in [0.15, 0.2) is 0 Å². The van der Waals surface area contributed by atoms with Crippen LogP contribution in [0.5, 0.6) is 0 Å². The molecule has 0 radical (unpaired) electrons. The van der Waals surface area contributed by atoms with Gasteiger partial charge in [0.25, 0.3) is 0 Å². The van der Waals surface area contributed by atoms with Crippen molar-refractivity contribution in [2.75, 3.05) is 18.8 Å². The van der Waals surface area contributed by atoms with Crippen LogP contribution in [0, 0.1) is 0 Å². The Labute approximate surface area is 97.9 Å². The molecule has 2 fully saturated rings. The fraction of sp³-hybridized carbons (Fsp3) is 0.900. The molecule has 1 unspecified atom stereocenters. The number of piperidine rings is 1. The summed E-state index contributed by atoms with van der Waals surface area (Å²) in [7, 11) is 0. The number of likely N-dealkylation sites (tertiary alicyclic amines) is 1. The number of halogens is 1. The summed E-state index contributed by atoms with van der Waals surface area (Å²) in [5.41, 5.74) is 0. The molecule has 0 spiro atoms. The summed E-state index contributed by atoms with van der Waals surface area (Å²) >= 11 is 5.45. The molecule has 2 saturated heterocycles. The van der Waals surface area contributed by atoms with E-state index in [1.165, 1.54) is 12.2 Å². The summed E-state index contributed by atoms with van der Waals surface area (Å²) in [4.78, 5) is 14.7. The number of amides is 1. The maximum atomic E-state index is 12.0. The van der Waals surface area contributed by atoms with Gasteiger partial charge >= 0.3 is 0 Å². The standard InChI is InChI=1S/C10H16BrNOS/c11-8-3-5-12(6-4-8)10(13)9-2-1-7-14-9/h8-9H,1-7H2. The molecule has 0 aromatic heterocycles. The number of carbonyl (C=O) groups is 1. The Morgan fingerprint density at radius 3 is 2.57 bits per heavy atom. The molecule has 14 heavy (non-hydrogen) atoms. The minimum absolute atomic E-state index is 0.280. The average molecular weight is 278 g/mol. The van der Waals surface area contributed by atoms with Gasteiger partial charge in [-0.3, -0.25) is 4.79 Å². The lowest BCUT2D eigenvalue weighted by Gasteiger charge is -2.31. The normalized spacial score (nSPS) is 29.5. The zero-order valence-corrected chi connectivity index (χ0v) is 10.6. The van der Waals surface area contributed by atoms with Gasteiger partial charge in [-0.2, -0.15) is 0 Å². The third-order valence-corrected chi connectivity index (χ3v) is 5.22. The number of rotatable bonds is 1. The first-order valence-corrected chi connectivity index (χ1v) is 7.28. The zero-order chi connectivity index (χ0) is 9.97. The smallest absolute Gasteiger partial charge is 0.235 e. The number of thioether (sulfide) groups is 1. The first-order valence-electron chi connectivity index (χ1n) is 5.32. The lowest BCUT2D eigenvalue weighted by atomic mass is 10.1. The molecule has 80 valence electrons. The molecule has 0 bridgehead atoms. The molecule has 0 aromatic rings. The van der Waals surface area contributed by atoms with Crippen molar-refractivity contribution in [2.45, 2.75) is 35.8 Å². The molecule has 2 aliphatic rings. The monoisotopic (exact) mass is 277 g/mol. The lowest BCUT2D eigenvalue weighted by Crippen LogP contribution is -2.42. The van der Waals surface area contributed by atoms with Gasteiger partial charge in [-0.05, 0) is 31.4 Å². The van der Waals surface area contributed by atoms with Crippen LogP contribution in [0.1, 0.15) is 25.7 Å². The second-order valence-electron chi connectivity index (χ2n) is 4.00. The highest BCUT2D eigenvalue weighted by atomic mass is 79.9. The summed E-state index contributed by atoms with van der Waals surface area (Å²) in [5, 5.41) is 0.280. The van der Waals surface area contributed by atoms with E-state index in [0.717, 1.165) is 32.4 Å². The van der Waals surface area contributed by atoms with E-state index in [1.807, 2.05) is 11.8 Å². The van der Waals surface area contributed by atoms with E-state index in [2.05, 4.69) is 20.8 Å². The van der Waals surface area contributed by atoms with Crippen LogP contribution in [0.2, 0.25) is 0 Å². The summed E-state index contributed by atoms with van der Waals surface area (Å²) in [6.45, 7) is 1.90. The topological polar surface area (TPSA) is 20.3 Å². The van der Waals surface area contributed by atoms with Crippen molar-refractivity contribution in [1.29, 1.82) is 0 Å². The van der Waals surface area contributed by atoms with Crippen LogP contribution in [-0.2, 0) is 4.79 Å². The van der Waals surface area contributed by atoms with Crippen LogP contribution >= 0.6 is 27.7 Å². The van der Waals surface area contributed by atoms with Crippen LogP contribution in [0.25, 0.3) is 0 Å². The van der Waals surface area contributed by atoms with E-state index in [9.17, 15) is 4.79 Å². The van der Waals surface area contributed by atoms with Crippen molar-refractivity contribution in [2.24, 2.45) is 0 Å². The Morgan fingerprint density at radius 2 is 2.00 bits per heavy atom. The number of alkyl halides is 1. The number of carbonyl (C=O) groups excluding carboxylic acids is 1. The molecular formula is C10H16BrNOS. The maximum Gasteiger partial charge on any atom is 0.235 e. The summed E-state index contributed by atoms with van der Waals surface area (Å²) < 4.78 is 0. The van der Waals surface area contributed by atoms with Crippen molar-refractivity contribution in [1.82, 2.24) is 4.90 Å². The third-order valence-electron chi connectivity index (χ3n) is 2.94. The Bertz CT molecular complexity index is 210. The fourth-order valence-electron chi connectivity index (χ4n) is 2.04. The molecule has 4 heteroatoms. The molecule has 0 N–H and O–H groups in total. The predicted octanol–water partition coefficient (Wildman–Crippen LogP) is 2.27. The van der Waals surface area contributed by atoms with Gasteiger partial charge in [0, 0.05) is 17.9 Å². The van der Waals surface area contributed by atoms with E-state index >= 15 is 0 Å². The van der Waals surface area contributed by atoms with Gasteiger partial charge in [0.1, 0.15) is 0 Å². The summed E-state index contributed by atoms with van der Waals surface area (Å²) in [6, 6.07) is 0. The Balaban J connectivity index is 1.85. The molecule has 1 amide bonds. The first-order chi connectivity index (χ1) is 6.77. The van der Waals surface area contributed by atoms with E-state index in [-0.39, 0.29) is 5.25 Å². The molecule has 2 heterocycles. The lowest BCUT2D eigenvalue weighted by molar-refractivity contribution is -0.131. The maximum absolute atomic E-state index is 12.0. The van der Waals surface area contributed by atoms with Crippen molar-refractivity contribution < 1.29 is 4.79 Å². The average Bonchev–Trinajstić information content (AvgIpc) is 2.71. The van der Waals surface area contributed by atoms with Gasteiger partial charge in [0.15, 0.2) is 0 Å². The van der Waals surface area contributed by atoms with E-state index in [1.54, 1.807) is 0 Å². The number of hydrogen-bond donors (Lipinski definition) is 0. The van der Waals surface area contributed by atoms with Crippen molar-refractivity contribution in [3.63, 3.8) is 0 Å². The van der Waals surface area contributed by atoms with Crippen molar-refractivity contribution in [3.8, 4) is 0 Å². The minimum atomic E-state index is 0.280.